The molecule has 2 N–H and O–H groups in total. The van der Waals surface area contributed by atoms with Crippen molar-refractivity contribution in [1.82, 2.24) is 15.5 Å². The van der Waals surface area contributed by atoms with Crippen LogP contribution >= 0.6 is 24.8 Å². The summed E-state index contributed by atoms with van der Waals surface area (Å²) in [6, 6.07) is 0. The molecule has 0 aliphatic heterocycles. The lowest BCUT2D eigenvalue weighted by molar-refractivity contribution is -0.121. The van der Waals surface area contributed by atoms with E-state index in [0.717, 1.165) is 32.7 Å². The van der Waals surface area contributed by atoms with Gasteiger partial charge in [0.15, 0.2) is 0 Å². The molecule has 0 spiro atoms. The van der Waals surface area contributed by atoms with Gasteiger partial charge < -0.3 is 15.5 Å². The summed E-state index contributed by atoms with van der Waals surface area (Å²) in [5.41, 5.74) is 0. The molecule has 0 saturated carbocycles. The van der Waals surface area contributed by atoms with Gasteiger partial charge in [0.05, 0.1) is 0 Å². The van der Waals surface area contributed by atoms with Crippen LogP contribution in [0.1, 0.15) is 26.7 Å². The van der Waals surface area contributed by atoms with Gasteiger partial charge in [0.25, 0.3) is 0 Å². The number of rotatable bonds is 9. The first kappa shape index (κ1) is 22.2. The van der Waals surface area contributed by atoms with Crippen molar-refractivity contribution in [3.05, 3.63) is 0 Å². The third kappa shape index (κ3) is 13.9. The van der Waals surface area contributed by atoms with E-state index < -0.39 is 0 Å². The van der Waals surface area contributed by atoms with Crippen LogP contribution in [0.2, 0.25) is 0 Å². The van der Waals surface area contributed by atoms with Crippen molar-refractivity contribution in [1.29, 1.82) is 0 Å². The number of carbonyl (C=O) groups is 1. The molecule has 0 atom stereocenters. The van der Waals surface area contributed by atoms with Crippen LogP contribution in [0.15, 0.2) is 0 Å². The van der Waals surface area contributed by atoms with Crippen LogP contribution in [-0.4, -0.2) is 50.6 Å². The Morgan fingerprint density at radius 3 is 2.24 bits per heavy atom. The monoisotopic (exact) mass is 287 g/mol. The van der Waals surface area contributed by atoms with Gasteiger partial charge in [-0.25, -0.2) is 0 Å². The standard InChI is InChI=1S/C11H25N3O.2ClH/c1-4-9-14(5-2)10-8-13-11(15)6-7-12-3;;/h12H,4-10H2,1-3H3,(H,13,15);2*1H. The SMILES string of the molecule is CCCN(CC)CCNC(=O)CCNC.Cl.Cl. The largest absolute Gasteiger partial charge is 0.355 e. The lowest BCUT2D eigenvalue weighted by Crippen LogP contribution is -2.36. The normalized spacial score (nSPS) is 9.41. The highest BCUT2D eigenvalue weighted by atomic mass is 35.5. The van der Waals surface area contributed by atoms with Crippen molar-refractivity contribution in [2.75, 3.05) is 39.8 Å². The number of nitrogens with zero attached hydrogens (tertiary/aromatic N) is 1. The van der Waals surface area contributed by atoms with Gasteiger partial charge in [-0.15, -0.1) is 24.8 Å². The van der Waals surface area contributed by atoms with Gasteiger partial charge in [0.1, 0.15) is 0 Å². The van der Waals surface area contributed by atoms with E-state index in [9.17, 15) is 4.79 Å². The molecule has 17 heavy (non-hydrogen) atoms. The molecule has 0 saturated heterocycles. The molecule has 6 heteroatoms. The predicted octanol–water partition coefficient (Wildman–Crippen LogP) is 1.29. The Morgan fingerprint density at radius 1 is 1.12 bits per heavy atom. The number of carbonyl (C=O) groups excluding carboxylic acids is 1. The van der Waals surface area contributed by atoms with Crippen molar-refractivity contribution >= 4 is 30.7 Å². The molecule has 0 aromatic rings. The van der Waals surface area contributed by atoms with Crippen LogP contribution in [0.4, 0.5) is 0 Å². The zero-order chi connectivity index (χ0) is 11.5. The number of hydrogen-bond donors (Lipinski definition) is 2. The molecule has 1 amide bonds. The van der Waals surface area contributed by atoms with Gasteiger partial charge >= 0.3 is 0 Å². The Labute approximate surface area is 118 Å². The topological polar surface area (TPSA) is 44.4 Å². The summed E-state index contributed by atoms with van der Waals surface area (Å²) in [5, 5.41) is 5.88. The van der Waals surface area contributed by atoms with Gasteiger partial charge in [-0.1, -0.05) is 13.8 Å². The second-order valence-electron chi connectivity index (χ2n) is 3.64. The zero-order valence-corrected chi connectivity index (χ0v) is 12.8. The van der Waals surface area contributed by atoms with Crippen LogP contribution in [-0.2, 0) is 4.79 Å². The van der Waals surface area contributed by atoms with Crippen LogP contribution in [0.25, 0.3) is 0 Å². The van der Waals surface area contributed by atoms with E-state index in [-0.39, 0.29) is 30.7 Å². The molecule has 0 rings (SSSR count). The molecular formula is C11H27Cl2N3O. The summed E-state index contributed by atoms with van der Waals surface area (Å²) < 4.78 is 0. The Balaban J connectivity index is -0.000000980. The number of nitrogens with one attached hydrogen (secondary N) is 2. The van der Waals surface area contributed by atoms with Crippen molar-refractivity contribution in [3.63, 3.8) is 0 Å². The highest BCUT2D eigenvalue weighted by Gasteiger charge is 2.02. The van der Waals surface area contributed by atoms with E-state index in [0.29, 0.717) is 6.42 Å². The maximum absolute atomic E-state index is 11.3. The fourth-order valence-electron chi connectivity index (χ4n) is 1.42. The summed E-state index contributed by atoms with van der Waals surface area (Å²) in [4.78, 5) is 13.6. The molecule has 0 aromatic heterocycles. The van der Waals surface area contributed by atoms with Crippen molar-refractivity contribution < 1.29 is 4.79 Å². The minimum Gasteiger partial charge on any atom is -0.355 e. The first-order valence-electron chi connectivity index (χ1n) is 5.88. The van der Waals surface area contributed by atoms with E-state index in [1.165, 1.54) is 6.42 Å². The molecule has 0 aromatic carbocycles. The molecule has 0 aliphatic carbocycles. The van der Waals surface area contributed by atoms with Crippen LogP contribution in [0, 0.1) is 0 Å². The number of hydrogen-bond acceptors (Lipinski definition) is 3. The highest BCUT2D eigenvalue weighted by Crippen LogP contribution is 1.89. The van der Waals surface area contributed by atoms with Gasteiger partial charge in [-0.2, -0.15) is 0 Å². The summed E-state index contributed by atoms with van der Waals surface area (Å²) in [7, 11) is 1.85. The molecule has 0 unspecified atom stereocenters. The second kappa shape index (κ2) is 16.0. The van der Waals surface area contributed by atoms with Crippen molar-refractivity contribution in [2.24, 2.45) is 0 Å². The highest BCUT2D eigenvalue weighted by molar-refractivity contribution is 5.85. The fourth-order valence-corrected chi connectivity index (χ4v) is 1.42. The molecule has 0 bridgehead atoms. The van der Waals surface area contributed by atoms with Gasteiger partial charge in [0.2, 0.25) is 5.91 Å². The first-order valence-corrected chi connectivity index (χ1v) is 5.88. The second-order valence-corrected chi connectivity index (χ2v) is 3.64. The Morgan fingerprint density at radius 2 is 1.76 bits per heavy atom. The maximum Gasteiger partial charge on any atom is 0.221 e. The van der Waals surface area contributed by atoms with Gasteiger partial charge in [-0.05, 0) is 26.6 Å². The summed E-state index contributed by atoms with van der Waals surface area (Å²) in [6.07, 6.45) is 1.73. The van der Waals surface area contributed by atoms with Gasteiger partial charge in [0, 0.05) is 26.1 Å². The van der Waals surface area contributed by atoms with Gasteiger partial charge in [-0.3, -0.25) is 4.79 Å². The lowest BCUT2D eigenvalue weighted by Gasteiger charge is -2.19. The molecule has 0 fully saturated rings. The molecule has 0 aliphatic rings. The minimum absolute atomic E-state index is 0. The lowest BCUT2D eigenvalue weighted by atomic mass is 10.3. The molecule has 106 valence electrons. The van der Waals surface area contributed by atoms with Crippen LogP contribution < -0.4 is 10.6 Å². The van der Waals surface area contributed by atoms with E-state index >= 15 is 0 Å². The van der Waals surface area contributed by atoms with Crippen molar-refractivity contribution in [2.45, 2.75) is 26.7 Å². The third-order valence-corrected chi connectivity index (χ3v) is 2.34. The average molecular weight is 288 g/mol. The van der Waals surface area contributed by atoms with E-state index in [4.69, 9.17) is 0 Å². The summed E-state index contributed by atoms with van der Waals surface area (Å²) >= 11 is 0. The van der Waals surface area contributed by atoms with Crippen molar-refractivity contribution in [3.8, 4) is 0 Å². The summed E-state index contributed by atoms with van der Waals surface area (Å²) in [6.45, 7) is 8.96. The average Bonchev–Trinajstić information content (AvgIpc) is 2.25. The number of likely N-dealkylation sites (N-methyl/N-ethyl adjacent to an activating group) is 1. The summed E-state index contributed by atoms with van der Waals surface area (Å²) in [5.74, 6) is 0.136. The van der Waals surface area contributed by atoms with E-state index in [1.807, 2.05) is 7.05 Å². The zero-order valence-electron chi connectivity index (χ0n) is 11.1. The van der Waals surface area contributed by atoms with Crippen LogP contribution in [0.5, 0.6) is 0 Å². The molecular weight excluding hydrogens is 261 g/mol. The predicted molar refractivity (Wildman–Crippen MR) is 78.5 cm³/mol. The van der Waals surface area contributed by atoms with Crippen LogP contribution in [0.3, 0.4) is 0 Å². The first-order chi connectivity index (χ1) is 7.24. The third-order valence-electron chi connectivity index (χ3n) is 2.34. The van der Waals surface area contributed by atoms with E-state index in [1.54, 1.807) is 0 Å². The maximum atomic E-state index is 11.3. The molecule has 0 radical (unpaired) electrons. The number of amides is 1. The van der Waals surface area contributed by atoms with E-state index in [2.05, 4.69) is 29.4 Å². The smallest absolute Gasteiger partial charge is 0.221 e. The quantitative estimate of drug-likeness (QED) is 0.672. The Kier molecular flexibility index (Phi) is 20.8. The minimum atomic E-state index is 0. The Bertz CT molecular complexity index is 171. The molecule has 4 nitrogen and oxygen atoms in total. The fraction of sp³-hybridized carbons (Fsp3) is 0.909. The number of halogens is 2. The Hall–Kier alpha value is -0.0300. The molecule has 0 heterocycles.